The van der Waals surface area contributed by atoms with Crippen LogP contribution in [-0.4, -0.2) is 23.7 Å². The fourth-order valence-corrected chi connectivity index (χ4v) is 2.70. The van der Waals surface area contributed by atoms with Crippen molar-refractivity contribution < 1.29 is 14.3 Å². The van der Waals surface area contributed by atoms with E-state index >= 15 is 0 Å². The van der Waals surface area contributed by atoms with Crippen LogP contribution in [0.5, 0.6) is 11.5 Å². The minimum absolute atomic E-state index is 0.138. The van der Waals surface area contributed by atoms with Crippen LogP contribution in [-0.2, 0) is 6.54 Å². The zero-order valence-electron chi connectivity index (χ0n) is 17.5. The average Bonchev–Trinajstić information content (AvgIpc) is 2.67. The van der Waals surface area contributed by atoms with Gasteiger partial charge in [0.2, 0.25) is 0 Å². The molecule has 0 saturated heterocycles. The number of rotatable bonds is 9. The maximum atomic E-state index is 12.6. The van der Waals surface area contributed by atoms with Crippen molar-refractivity contribution in [2.75, 3.05) is 6.61 Å². The first kappa shape index (κ1) is 22.7. The zero-order valence-corrected chi connectivity index (χ0v) is 18.3. The van der Waals surface area contributed by atoms with Crippen LogP contribution in [0.15, 0.2) is 48.5 Å². The van der Waals surface area contributed by atoms with E-state index in [1.54, 1.807) is 12.1 Å². The van der Waals surface area contributed by atoms with Crippen LogP contribution in [0, 0.1) is 5.92 Å². The number of nitrogens with one attached hydrogen (secondary N) is 2. The Morgan fingerprint density at radius 3 is 2.38 bits per heavy atom. The van der Waals surface area contributed by atoms with Gasteiger partial charge in [-0.25, -0.2) is 0 Å². The van der Waals surface area contributed by atoms with Gasteiger partial charge in [-0.1, -0.05) is 38.1 Å². The summed E-state index contributed by atoms with van der Waals surface area (Å²) in [7, 11) is 0. The molecule has 2 aromatic rings. The molecule has 0 atom stereocenters. The standard InChI is InChI=1S/C23H30N2O3S/c1-16(2)13-14-27-21-8-6-5-7-20(21)22(26)25-23(29)24-15-18-9-11-19(12-10-18)28-17(3)4/h5-12,16-17H,13-15H2,1-4H3,(H2,24,25,26,29). The summed E-state index contributed by atoms with van der Waals surface area (Å²) in [6.07, 6.45) is 1.07. The predicted octanol–water partition coefficient (Wildman–Crippen LogP) is 4.70. The third-order valence-corrected chi connectivity index (χ3v) is 4.31. The maximum absolute atomic E-state index is 12.6. The highest BCUT2D eigenvalue weighted by atomic mass is 32.1. The summed E-state index contributed by atoms with van der Waals surface area (Å²) in [6.45, 7) is 9.33. The molecule has 0 aliphatic rings. The highest BCUT2D eigenvalue weighted by Crippen LogP contribution is 2.19. The van der Waals surface area contributed by atoms with E-state index in [4.69, 9.17) is 21.7 Å². The Bertz CT molecular complexity index is 804. The van der Waals surface area contributed by atoms with Crippen LogP contribution in [0.3, 0.4) is 0 Å². The molecule has 0 saturated carbocycles. The summed E-state index contributed by atoms with van der Waals surface area (Å²) in [5.41, 5.74) is 1.51. The summed E-state index contributed by atoms with van der Waals surface area (Å²) < 4.78 is 11.4. The van der Waals surface area contributed by atoms with Crippen molar-refractivity contribution in [2.45, 2.75) is 46.8 Å². The summed E-state index contributed by atoms with van der Waals surface area (Å²) in [5.74, 6) is 1.64. The predicted molar refractivity (Wildman–Crippen MR) is 121 cm³/mol. The monoisotopic (exact) mass is 414 g/mol. The van der Waals surface area contributed by atoms with Crippen LogP contribution < -0.4 is 20.1 Å². The largest absolute Gasteiger partial charge is 0.493 e. The Morgan fingerprint density at radius 2 is 1.72 bits per heavy atom. The molecular formula is C23H30N2O3S. The van der Waals surface area contributed by atoms with Gasteiger partial charge in [0.15, 0.2) is 5.11 Å². The van der Waals surface area contributed by atoms with Crippen molar-refractivity contribution in [3.63, 3.8) is 0 Å². The Kier molecular flexibility index (Phi) is 8.93. The molecule has 1 amide bonds. The van der Waals surface area contributed by atoms with E-state index in [-0.39, 0.29) is 17.1 Å². The minimum atomic E-state index is -0.289. The quantitative estimate of drug-likeness (QED) is 0.582. The first-order valence-corrected chi connectivity index (χ1v) is 10.3. The lowest BCUT2D eigenvalue weighted by Crippen LogP contribution is -2.39. The van der Waals surface area contributed by atoms with E-state index < -0.39 is 0 Å². The van der Waals surface area contributed by atoms with Crippen molar-refractivity contribution in [3.05, 3.63) is 59.7 Å². The van der Waals surface area contributed by atoms with E-state index in [1.165, 1.54) is 0 Å². The second kappa shape index (κ2) is 11.4. The molecular weight excluding hydrogens is 384 g/mol. The van der Waals surface area contributed by atoms with E-state index in [9.17, 15) is 4.79 Å². The van der Waals surface area contributed by atoms with Gasteiger partial charge in [-0.2, -0.15) is 0 Å². The summed E-state index contributed by atoms with van der Waals surface area (Å²) in [4.78, 5) is 12.6. The Hall–Kier alpha value is -2.60. The van der Waals surface area contributed by atoms with Crippen molar-refractivity contribution in [1.29, 1.82) is 0 Å². The summed E-state index contributed by atoms with van der Waals surface area (Å²) in [5, 5.41) is 6.05. The van der Waals surface area contributed by atoms with E-state index in [0.29, 0.717) is 30.4 Å². The normalized spacial score (nSPS) is 10.7. The molecule has 0 aliphatic carbocycles. The molecule has 0 unspecified atom stereocenters. The molecule has 2 N–H and O–H groups in total. The lowest BCUT2D eigenvalue weighted by atomic mass is 10.1. The van der Waals surface area contributed by atoms with Gasteiger partial charge >= 0.3 is 0 Å². The second-order valence-electron chi connectivity index (χ2n) is 7.47. The number of hydrogen-bond donors (Lipinski definition) is 2. The number of hydrogen-bond acceptors (Lipinski definition) is 4. The molecule has 2 rings (SSSR count). The first-order valence-electron chi connectivity index (χ1n) is 9.91. The fourth-order valence-electron chi connectivity index (χ4n) is 2.54. The molecule has 2 aromatic carbocycles. The van der Waals surface area contributed by atoms with Crippen LogP contribution in [0.4, 0.5) is 0 Å². The smallest absolute Gasteiger partial charge is 0.261 e. The SMILES string of the molecule is CC(C)CCOc1ccccc1C(=O)NC(=S)NCc1ccc(OC(C)C)cc1. The van der Waals surface area contributed by atoms with Crippen LogP contribution in [0.2, 0.25) is 0 Å². The van der Waals surface area contributed by atoms with Crippen LogP contribution in [0.1, 0.15) is 50.0 Å². The molecule has 0 aromatic heterocycles. The lowest BCUT2D eigenvalue weighted by molar-refractivity contribution is 0.0972. The topological polar surface area (TPSA) is 59.6 Å². The van der Waals surface area contributed by atoms with Crippen LogP contribution >= 0.6 is 12.2 Å². The molecule has 0 radical (unpaired) electrons. The first-order chi connectivity index (χ1) is 13.8. The van der Waals surface area contributed by atoms with Gasteiger partial charge < -0.3 is 14.8 Å². The Morgan fingerprint density at radius 1 is 1.03 bits per heavy atom. The van der Waals surface area contributed by atoms with E-state index in [2.05, 4.69) is 24.5 Å². The van der Waals surface area contributed by atoms with Crippen molar-refractivity contribution in [3.8, 4) is 11.5 Å². The second-order valence-corrected chi connectivity index (χ2v) is 7.88. The zero-order chi connectivity index (χ0) is 21.2. The maximum Gasteiger partial charge on any atom is 0.261 e. The Labute approximate surface area is 178 Å². The number of amides is 1. The molecule has 6 heteroatoms. The molecule has 5 nitrogen and oxygen atoms in total. The van der Waals surface area contributed by atoms with Gasteiger partial charge in [0, 0.05) is 6.54 Å². The third-order valence-electron chi connectivity index (χ3n) is 4.06. The van der Waals surface area contributed by atoms with Crippen molar-refractivity contribution >= 4 is 23.2 Å². The van der Waals surface area contributed by atoms with Gasteiger partial charge in [0.1, 0.15) is 11.5 Å². The van der Waals surface area contributed by atoms with Gasteiger partial charge in [0.25, 0.3) is 5.91 Å². The average molecular weight is 415 g/mol. The molecule has 29 heavy (non-hydrogen) atoms. The molecule has 0 fully saturated rings. The van der Waals surface area contributed by atoms with Gasteiger partial charge in [-0.15, -0.1) is 0 Å². The van der Waals surface area contributed by atoms with E-state index in [1.807, 2.05) is 50.2 Å². The number of thiocarbonyl (C=S) groups is 1. The summed E-state index contributed by atoms with van der Waals surface area (Å²) >= 11 is 5.27. The fraction of sp³-hybridized carbons (Fsp3) is 0.391. The minimum Gasteiger partial charge on any atom is -0.493 e. The highest BCUT2D eigenvalue weighted by Gasteiger charge is 2.13. The molecule has 0 bridgehead atoms. The van der Waals surface area contributed by atoms with Crippen molar-refractivity contribution in [2.24, 2.45) is 5.92 Å². The number of para-hydroxylation sites is 1. The number of ether oxygens (including phenoxy) is 2. The lowest BCUT2D eigenvalue weighted by Gasteiger charge is -2.14. The van der Waals surface area contributed by atoms with Gasteiger partial charge in [-0.05, 0) is 68.2 Å². The third kappa shape index (κ3) is 8.11. The van der Waals surface area contributed by atoms with Crippen molar-refractivity contribution in [1.82, 2.24) is 10.6 Å². The molecule has 0 heterocycles. The highest BCUT2D eigenvalue weighted by molar-refractivity contribution is 7.80. The number of carbonyl (C=O) groups excluding carboxylic acids is 1. The number of benzene rings is 2. The van der Waals surface area contributed by atoms with Gasteiger partial charge in [-0.3, -0.25) is 10.1 Å². The molecule has 0 spiro atoms. The Balaban J connectivity index is 1.87. The summed E-state index contributed by atoms with van der Waals surface area (Å²) in [6, 6.07) is 15.0. The molecule has 0 aliphatic heterocycles. The van der Waals surface area contributed by atoms with E-state index in [0.717, 1.165) is 17.7 Å². The number of carbonyl (C=O) groups is 1. The van der Waals surface area contributed by atoms with Crippen LogP contribution in [0.25, 0.3) is 0 Å². The van der Waals surface area contributed by atoms with Gasteiger partial charge in [0.05, 0.1) is 18.3 Å². The molecule has 156 valence electrons.